The zero-order valence-corrected chi connectivity index (χ0v) is 20.2. The molecule has 0 N–H and O–H groups in total. The minimum absolute atomic E-state index is 0.380. The number of benzene rings is 3. The average Bonchev–Trinajstić information content (AvgIpc) is 2.86. The third kappa shape index (κ3) is 7.87. The van der Waals surface area contributed by atoms with Crippen molar-refractivity contribution in [2.24, 2.45) is 0 Å². The van der Waals surface area contributed by atoms with Crippen molar-refractivity contribution < 1.29 is 19.1 Å². The smallest absolute Gasteiger partial charge is 0.343 e. The molecule has 0 aliphatic heterocycles. The number of carbonyl (C=O) groups excluding carboxylic acids is 2. The number of hydrogen-bond acceptors (Lipinski definition) is 4. The van der Waals surface area contributed by atoms with Crippen LogP contribution in [0, 0.1) is 0 Å². The van der Waals surface area contributed by atoms with Crippen LogP contribution in [0.4, 0.5) is 0 Å². The molecule has 0 radical (unpaired) electrons. The predicted octanol–water partition coefficient (Wildman–Crippen LogP) is 7.59. The van der Waals surface area contributed by atoms with Gasteiger partial charge in [0.15, 0.2) is 0 Å². The fraction of sp³-hybridized carbons (Fsp3) is 0.333. The molecule has 4 heteroatoms. The van der Waals surface area contributed by atoms with Gasteiger partial charge in [-0.3, -0.25) is 0 Å². The molecule has 0 heterocycles. The SMILES string of the molecule is CCCCCc1ccc(OC(=O)c2ccc(OC(=O)c3ccc(CCCCC)cc3)cc2)cc1. The Morgan fingerprint density at radius 2 is 0.882 bits per heavy atom. The van der Waals surface area contributed by atoms with Gasteiger partial charge in [-0.25, -0.2) is 9.59 Å². The highest BCUT2D eigenvalue weighted by molar-refractivity contribution is 5.92. The van der Waals surface area contributed by atoms with Crippen LogP contribution < -0.4 is 9.47 Å². The topological polar surface area (TPSA) is 52.6 Å². The molecule has 0 aromatic heterocycles. The number of carbonyl (C=O) groups is 2. The van der Waals surface area contributed by atoms with Gasteiger partial charge in [0, 0.05) is 0 Å². The Bertz CT molecular complexity index is 1030. The minimum Gasteiger partial charge on any atom is -0.423 e. The Labute approximate surface area is 202 Å². The Balaban J connectivity index is 1.51. The molecule has 34 heavy (non-hydrogen) atoms. The zero-order valence-electron chi connectivity index (χ0n) is 20.2. The molecule has 0 saturated heterocycles. The second-order valence-electron chi connectivity index (χ2n) is 8.56. The van der Waals surface area contributed by atoms with Crippen molar-refractivity contribution in [3.8, 4) is 11.5 Å². The van der Waals surface area contributed by atoms with Gasteiger partial charge in [-0.05, 0) is 85.3 Å². The van der Waals surface area contributed by atoms with Crippen LogP contribution in [0.2, 0.25) is 0 Å². The van der Waals surface area contributed by atoms with Crippen LogP contribution in [0.5, 0.6) is 11.5 Å². The molecule has 3 aromatic rings. The average molecular weight is 459 g/mol. The quantitative estimate of drug-likeness (QED) is 0.159. The van der Waals surface area contributed by atoms with Gasteiger partial charge in [-0.1, -0.05) is 63.8 Å². The third-order valence-electron chi connectivity index (χ3n) is 5.76. The van der Waals surface area contributed by atoms with E-state index < -0.39 is 11.9 Å². The molecule has 178 valence electrons. The van der Waals surface area contributed by atoms with Crippen molar-refractivity contribution in [1.29, 1.82) is 0 Å². The number of rotatable bonds is 12. The van der Waals surface area contributed by atoms with Crippen molar-refractivity contribution in [1.82, 2.24) is 0 Å². The maximum Gasteiger partial charge on any atom is 0.343 e. The van der Waals surface area contributed by atoms with Gasteiger partial charge in [0.05, 0.1) is 11.1 Å². The predicted molar refractivity (Wildman–Crippen MR) is 136 cm³/mol. The summed E-state index contributed by atoms with van der Waals surface area (Å²) in [6.45, 7) is 4.37. The van der Waals surface area contributed by atoms with Crippen LogP contribution in [0.25, 0.3) is 0 Å². The number of hydrogen-bond donors (Lipinski definition) is 0. The molecule has 0 saturated carbocycles. The fourth-order valence-electron chi connectivity index (χ4n) is 3.68. The van der Waals surface area contributed by atoms with Crippen molar-refractivity contribution in [2.45, 2.75) is 65.2 Å². The van der Waals surface area contributed by atoms with E-state index in [1.807, 2.05) is 36.4 Å². The summed E-state index contributed by atoms with van der Waals surface area (Å²) in [5, 5.41) is 0. The lowest BCUT2D eigenvalue weighted by atomic mass is 10.1. The van der Waals surface area contributed by atoms with E-state index in [9.17, 15) is 9.59 Å². The summed E-state index contributed by atoms with van der Waals surface area (Å²) >= 11 is 0. The van der Waals surface area contributed by atoms with E-state index in [-0.39, 0.29) is 0 Å². The van der Waals surface area contributed by atoms with Crippen molar-refractivity contribution in [3.05, 3.63) is 95.1 Å². The van der Waals surface area contributed by atoms with Crippen molar-refractivity contribution in [3.63, 3.8) is 0 Å². The maximum atomic E-state index is 12.5. The number of unbranched alkanes of at least 4 members (excludes halogenated alkanes) is 4. The van der Waals surface area contributed by atoms with Crippen molar-refractivity contribution in [2.75, 3.05) is 0 Å². The third-order valence-corrected chi connectivity index (χ3v) is 5.76. The highest BCUT2D eigenvalue weighted by atomic mass is 16.5. The Hall–Kier alpha value is -3.40. The molecule has 3 aromatic carbocycles. The largest absolute Gasteiger partial charge is 0.423 e. The summed E-state index contributed by atoms with van der Waals surface area (Å²) in [4.78, 5) is 24.9. The number of aryl methyl sites for hydroxylation is 2. The molecule has 0 atom stereocenters. The fourth-order valence-corrected chi connectivity index (χ4v) is 3.68. The lowest BCUT2D eigenvalue weighted by molar-refractivity contribution is 0.0730. The van der Waals surface area contributed by atoms with Crippen LogP contribution in [-0.2, 0) is 12.8 Å². The van der Waals surface area contributed by atoms with E-state index in [0.29, 0.717) is 22.6 Å². The molecule has 0 aliphatic rings. The Kier molecular flexibility index (Phi) is 9.90. The maximum absolute atomic E-state index is 12.5. The van der Waals surface area contributed by atoms with Gasteiger partial charge < -0.3 is 9.47 Å². The normalized spacial score (nSPS) is 10.6. The second-order valence-corrected chi connectivity index (χ2v) is 8.56. The summed E-state index contributed by atoms with van der Waals surface area (Å²) in [6.07, 6.45) is 9.17. The summed E-state index contributed by atoms with van der Waals surface area (Å²) in [7, 11) is 0. The number of ether oxygens (including phenoxy) is 2. The monoisotopic (exact) mass is 458 g/mol. The Morgan fingerprint density at radius 3 is 1.29 bits per heavy atom. The van der Waals surface area contributed by atoms with E-state index in [0.717, 1.165) is 25.7 Å². The van der Waals surface area contributed by atoms with Gasteiger partial charge in [0.1, 0.15) is 11.5 Å². The molecular formula is C30H34O4. The molecule has 3 rings (SSSR count). The molecule has 0 fully saturated rings. The summed E-state index contributed by atoms with van der Waals surface area (Å²) in [5.41, 5.74) is 3.36. The summed E-state index contributed by atoms with van der Waals surface area (Å²) in [5.74, 6) is 0.0209. The van der Waals surface area contributed by atoms with Gasteiger partial charge in [0.2, 0.25) is 0 Å². The first-order valence-electron chi connectivity index (χ1n) is 12.3. The van der Waals surface area contributed by atoms with Crippen LogP contribution >= 0.6 is 0 Å². The molecule has 0 bridgehead atoms. The van der Waals surface area contributed by atoms with Gasteiger partial charge >= 0.3 is 11.9 Å². The standard InChI is InChI=1S/C30H34O4/c1-3-5-7-9-23-11-15-25(16-12-23)29(31)34-28-21-17-26(18-22-28)30(32)33-27-19-13-24(14-20-27)10-8-6-4-2/h11-22H,3-10H2,1-2H3. The highest BCUT2D eigenvalue weighted by Gasteiger charge is 2.12. The first-order chi connectivity index (χ1) is 16.6. The first-order valence-corrected chi connectivity index (χ1v) is 12.3. The lowest BCUT2D eigenvalue weighted by Gasteiger charge is -2.08. The van der Waals surface area contributed by atoms with Crippen LogP contribution in [0.1, 0.15) is 84.2 Å². The molecule has 0 amide bonds. The minimum atomic E-state index is -0.449. The van der Waals surface area contributed by atoms with Crippen LogP contribution in [0.15, 0.2) is 72.8 Å². The van der Waals surface area contributed by atoms with E-state index in [4.69, 9.17) is 9.47 Å². The molecule has 0 spiro atoms. The Morgan fingerprint density at radius 1 is 0.529 bits per heavy atom. The van der Waals surface area contributed by atoms with Gasteiger partial charge in [-0.2, -0.15) is 0 Å². The number of esters is 2. The summed E-state index contributed by atoms with van der Waals surface area (Å²) in [6, 6.07) is 21.6. The lowest BCUT2D eigenvalue weighted by Crippen LogP contribution is -2.10. The van der Waals surface area contributed by atoms with Gasteiger partial charge in [-0.15, -0.1) is 0 Å². The molecule has 0 unspecified atom stereocenters. The molecule has 0 aliphatic carbocycles. The molecular weight excluding hydrogens is 424 g/mol. The van der Waals surface area contributed by atoms with E-state index in [2.05, 4.69) is 13.8 Å². The van der Waals surface area contributed by atoms with Gasteiger partial charge in [0.25, 0.3) is 0 Å². The molecule has 4 nitrogen and oxygen atoms in total. The zero-order chi connectivity index (χ0) is 24.2. The first kappa shape index (κ1) is 25.2. The van der Waals surface area contributed by atoms with E-state index in [1.54, 1.807) is 36.4 Å². The van der Waals surface area contributed by atoms with E-state index >= 15 is 0 Å². The highest BCUT2D eigenvalue weighted by Crippen LogP contribution is 2.19. The van der Waals surface area contributed by atoms with Crippen molar-refractivity contribution >= 4 is 11.9 Å². The van der Waals surface area contributed by atoms with Crippen LogP contribution in [-0.4, -0.2) is 11.9 Å². The van der Waals surface area contributed by atoms with Crippen LogP contribution in [0.3, 0.4) is 0 Å². The second kappa shape index (κ2) is 13.3. The summed E-state index contributed by atoms with van der Waals surface area (Å²) < 4.78 is 10.9. The van der Waals surface area contributed by atoms with E-state index in [1.165, 1.54) is 36.8 Å².